The summed E-state index contributed by atoms with van der Waals surface area (Å²) in [6, 6.07) is 11.9. The second kappa shape index (κ2) is 5.27. The van der Waals surface area contributed by atoms with E-state index in [0.717, 1.165) is 16.9 Å². The van der Waals surface area contributed by atoms with Crippen molar-refractivity contribution in [2.75, 3.05) is 0 Å². The minimum Gasteiger partial charge on any atom is -0.245 e. The quantitative estimate of drug-likeness (QED) is 0.715. The molecule has 0 spiro atoms. The van der Waals surface area contributed by atoms with Crippen LogP contribution in [0.25, 0.3) is 17.8 Å². The van der Waals surface area contributed by atoms with Gasteiger partial charge in [-0.1, -0.05) is 18.2 Å². The summed E-state index contributed by atoms with van der Waals surface area (Å²) >= 11 is 0. The number of para-hydroxylation sites is 1. The molecule has 0 fully saturated rings. The zero-order chi connectivity index (χ0) is 12.9. The van der Waals surface area contributed by atoms with Crippen LogP contribution in [0, 0.1) is 0 Å². The highest BCUT2D eigenvalue weighted by Crippen LogP contribution is 2.09. The first kappa shape index (κ1) is 11.3. The predicted molar refractivity (Wildman–Crippen MR) is 74.5 cm³/mol. The van der Waals surface area contributed by atoms with Crippen LogP contribution in [0.5, 0.6) is 0 Å². The fourth-order valence-electron chi connectivity index (χ4n) is 1.73. The zero-order valence-corrected chi connectivity index (χ0v) is 10.2. The number of nitrogens with zero attached hydrogens (tertiary/aromatic N) is 4. The molecular formula is C15H12N4. The number of hydrogen-bond acceptors (Lipinski definition) is 3. The van der Waals surface area contributed by atoms with Crippen LogP contribution in [0.15, 0.2) is 61.3 Å². The average molecular weight is 248 g/mol. The van der Waals surface area contributed by atoms with Gasteiger partial charge in [-0.25, -0.2) is 14.6 Å². The van der Waals surface area contributed by atoms with Gasteiger partial charge >= 0.3 is 0 Å². The highest BCUT2D eigenvalue weighted by Gasteiger charge is 1.97. The molecule has 1 aromatic carbocycles. The van der Waals surface area contributed by atoms with Crippen molar-refractivity contribution < 1.29 is 0 Å². The summed E-state index contributed by atoms with van der Waals surface area (Å²) in [5, 5.41) is 4.33. The van der Waals surface area contributed by atoms with E-state index in [-0.39, 0.29) is 0 Å². The Bertz CT molecular complexity index is 672. The highest BCUT2D eigenvalue weighted by molar-refractivity contribution is 5.67. The van der Waals surface area contributed by atoms with E-state index < -0.39 is 0 Å². The maximum Gasteiger partial charge on any atom is 0.115 e. The molecule has 3 rings (SSSR count). The lowest BCUT2D eigenvalue weighted by molar-refractivity contribution is 0.880. The van der Waals surface area contributed by atoms with Gasteiger partial charge in [-0.2, -0.15) is 5.10 Å². The van der Waals surface area contributed by atoms with Crippen molar-refractivity contribution in [2.24, 2.45) is 0 Å². The standard InChI is InChI=1S/C15H12N4/c1-2-4-15(5-3-1)19-11-13(10-18-19)6-7-14-8-9-16-12-17-14/h1-12H/b7-6+. The van der Waals surface area contributed by atoms with Gasteiger partial charge in [0, 0.05) is 18.0 Å². The van der Waals surface area contributed by atoms with E-state index in [1.807, 2.05) is 65.6 Å². The van der Waals surface area contributed by atoms with Crippen LogP contribution < -0.4 is 0 Å². The van der Waals surface area contributed by atoms with Crippen LogP contribution in [0.1, 0.15) is 11.3 Å². The third-order valence-electron chi connectivity index (χ3n) is 2.67. The normalized spacial score (nSPS) is 10.9. The summed E-state index contributed by atoms with van der Waals surface area (Å²) in [5.41, 5.74) is 2.95. The second-order valence-electron chi connectivity index (χ2n) is 4.02. The van der Waals surface area contributed by atoms with Gasteiger partial charge in [-0.05, 0) is 30.4 Å². The monoisotopic (exact) mass is 248 g/mol. The van der Waals surface area contributed by atoms with E-state index in [2.05, 4.69) is 15.1 Å². The summed E-state index contributed by atoms with van der Waals surface area (Å²) in [5.74, 6) is 0. The van der Waals surface area contributed by atoms with Crippen molar-refractivity contribution in [3.63, 3.8) is 0 Å². The minimum absolute atomic E-state index is 0.877. The van der Waals surface area contributed by atoms with Crippen molar-refractivity contribution in [3.8, 4) is 5.69 Å². The predicted octanol–water partition coefficient (Wildman–Crippen LogP) is 2.83. The molecule has 3 aromatic rings. The molecule has 0 N–H and O–H groups in total. The Labute approximate surface area is 111 Å². The van der Waals surface area contributed by atoms with Crippen molar-refractivity contribution >= 4 is 12.2 Å². The third kappa shape index (κ3) is 2.74. The summed E-state index contributed by atoms with van der Waals surface area (Å²) in [6.07, 6.45) is 11.0. The summed E-state index contributed by atoms with van der Waals surface area (Å²) in [7, 11) is 0. The summed E-state index contributed by atoms with van der Waals surface area (Å²) in [4.78, 5) is 8.02. The van der Waals surface area contributed by atoms with Crippen LogP contribution >= 0.6 is 0 Å². The molecule has 0 saturated heterocycles. The largest absolute Gasteiger partial charge is 0.245 e. The molecule has 4 nitrogen and oxygen atoms in total. The first-order valence-corrected chi connectivity index (χ1v) is 5.96. The first-order valence-electron chi connectivity index (χ1n) is 5.96. The van der Waals surface area contributed by atoms with Crippen LogP contribution in [0.3, 0.4) is 0 Å². The van der Waals surface area contributed by atoms with E-state index in [1.165, 1.54) is 6.33 Å². The van der Waals surface area contributed by atoms with Crippen molar-refractivity contribution in [2.45, 2.75) is 0 Å². The van der Waals surface area contributed by atoms with Crippen LogP contribution in [0.2, 0.25) is 0 Å². The Morgan fingerprint density at radius 1 is 1.00 bits per heavy atom. The molecule has 0 aliphatic heterocycles. The van der Waals surface area contributed by atoms with Gasteiger partial charge in [0.25, 0.3) is 0 Å². The molecular weight excluding hydrogens is 236 g/mol. The molecule has 4 heteroatoms. The molecule has 0 aliphatic carbocycles. The van der Waals surface area contributed by atoms with Crippen molar-refractivity contribution in [1.29, 1.82) is 0 Å². The molecule has 2 heterocycles. The number of hydrogen-bond donors (Lipinski definition) is 0. The Hall–Kier alpha value is -2.75. The Morgan fingerprint density at radius 3 is 2.68 bits per heavy atom. The average Bonchev–Trinajstić information content (AvgIpc) is 2.96. The van der Waals surface area contributed by atoms with Gasteiger partial charge < -0.3 is 0 Å². The number of rotatable bonds is 3. The molecule has 92 valence electrons. The molecule has 0 aliphatic rings. The van der Waals surface area contributed by atoms with Crippen molar-refractivity contribution in [1.82, 2.24) is 19.7 Å². The van der Waals surface area contributed by atoms with E-state index >= 15 is 0 Å². The number of aromatic nitrogens is 4. The Morgan fingerprint density at radius 2 is 1.89 bits per heavy atom. The fourth-order valence-corrected chi connectivity index (χ4v) is 1.73. The molecule has 0 bridgehead atoms. The third-order valence-corrected chi connectivity index (χ3v) is 2.67. The lowest BCUT2D eigenvalue weighted by Crippen LogP contribution is -1.92. The Kier molecular flexibility index (Phi) is 3.14. The molecule has 0 saturated carbocycles. The smallest absolute Gasteiger partial charge is 0.115 e. The van der Waals surface area contributed by atoms with E-state index in [4.69, 9.17) is 0 Å². The van der Waals surface area contributed by atoms with Gasteiger partial charge in [0.15, 0.2) is 0 Å². The summed E-state index contributed by atoms with van der Waals surface area (Å²) in [6.45, 7) is 0. The van der Waals surface area contributed by atoms with Gasteiger partial charge in [0.1, 0.15) is 6.33 Å². The zero-order valence-electron chi connectivity index (χ0n) is 10.2. The second-order valence-corrected chi connectivity index (χ2v) is 4.02. The molecule has 0 radical (unpaired) electrons. The van der Waals surface area contributed by atoms with Gasteiger partial charge in [0.05, 0.1) is 17.6 Å². The van der Waals surface area contributed by atoms with Crippen LogP contribution in [-0.4, -0.2) is 19.7 Å². The first-order chi connectivity index (χ1) is 9.42. The molecule has 2 aromatic heterocycles. The maximum absolute atomic E-state index is 4.33. The van der Waals surface area contributed by atoms with Crippen molar-refractivity contribution in [3.05, 3.63) is 72.6 Å². The number of benzene rings is 1. The fraction of sp³-hybridized carbons (Fsp3) is 0. The van der Waals surface area contributed by atoms with Gasteiger partial charge in [0.2, 0.25) is 0 Å². The van der Waals surface area contributed by atoms with E-state index in [0.29, 0.717) is 0 Å². The van der Waals surface area contributed by atoms with E-state index in [1.54, 1.807) is 6.20 Å². The van der Waals surface area contributed by atoms with Crippen LogP contribution in [-0.2, 0) is 0 Å². The highest BCUT2D eigenvalue weighted by atomic mass is 15.3. The minimum atomic E-state index is 0.877. The van der Waals surface area contributed by atoms with Crippen LogP contribution in [0.4, 0.5) is 0 Å². The molecule has 0 amide bonds. The topological polar surface area (TPSA) is 43.6 Å². The van der Waals surface area contributed by atoms with Gasteiger partial charge in [-0.3, -0.25) is 0 Å². The van der Waals surface area contributed by atoms with Gasteiger partial charge in [-0.15, -0.1) is 0 Å². The Balaban J connectivity index is 1.81. The SMILES string of the molecule is C(=C\c1ccncn1)/c1cnn(-c2ccccc2)c1. The lowest BCUT2D eigenvalue weighted by atomic mass is 10.3. The lowest BCUT2D eigenvalue weighted by Gasteiger charge is -1.98. The van der Waals surface area contributed by atoms with E-state index in [9.17, 15) is 0 Å². The molecule has 0 unspecified atom stereocenters. The molecule has 0 atom stereocenters. The maximum atomic E-state index is 4.33. The summed E-state index contributed by atoms with van der Waals surface area (Å²) < 4.78 is 1.85. The molecule has 19 heavy (non-hydrogen) atoms.